The number of aliphatic hydroxyl groups is 1. The maximum Gasteiger partial charge on any atom is 0.261 e. The first-order valence-corrected chi connectivity index (χ1v) is 13.2. The summed E-state index contributed by atoms with van der Waals surface area (Å²) >= 11 is 0. The Kier molecular flexibility index (Phi) is 7.56. The van der Waals surface area contributed by atoms with Crippen molar-refractivity contribution in [3.63, 3.8) is 0 Å². The van der Waals surface area contributed by atoms with E-state index >= 15 is 0 Å². The molecule has 164 valence electrons. The lowest BCUT2D eigenvalue weighted by atomic mass is 9.92. The molecule has 0 saturated carbocycles. The quantitative estimate of drug-likeness (QED) is 0.453. The highest BCUT2D eigenvalue weighted by Gasteiger charge is 2.50. The number of hydrogen-bond donors (Lipinski definition) is 1. The lowest BCUT2D eigenvalue weighted by Gasteiger charge is -2.43. The van der Waals surface area contributed by atoms with E-state index in [9.17, 15) is 5.11 Å². The summed E-state index contributed by atoms with van der Waals surface area (Å²) in [7, 11) is -2.44. The van der Waals surface area contributed by atoms with Crippen molar-refractivity contribution in [3.8, 4) is 0 Å². The van der Waals surface area contributed by atoms with Gasteiger partial charge in [0, 0.05) is 6.61 Å². The van der Waals surface area contributed by atoms with Gasteiger partial charge >= 0.3 is 0 Å². The van der Waals surface area contributed by atoms with E-state index in [0.29, 0.717) is 11.8 Å². The maximum atomic E-state index is 9.24. The molecular weight excluding hydrogens is 388 g/mol. The number of benzene rings is 2. The second-order valence-corrected chi connectivity index (χ2v) is 14.2. The first-order valence-electron chi connectivity index (χ1n) is 11.3. The van der Waals surface area contributed by atoms with Crippen molar-refractivity contribution in [2.75, 3.05) is 13.2 Å². The van der Waals surface area contributed by atoms with Crippen LogP contribution in [-0.4, -0.2) is 38.8 Å². The standard InChI is InChI=1S/C26H38O3Si/c1-20(18-21(2)25-24(19-27)29-25)16-17-28-30(26(3,4)5,22-12-8-6-9-13-22)23-14-10-7-11-15-23/h6-15,20-21,24-25,27H,16-19H2,1-5H3/t20-,21+,24?,25?/m0/s1. The third-order valence-electron chi connectivity index (χ3n) is 6.48. The molecule has 1 heterocycles. The van der Waals surface area contributed by atoms with Crippen LogP contribution in [0.25, 0.3) is 0 Å². The van der Waals surface area contributed by atoms with Crippen LogP contribution in [0.1, 0.15) is 47.5 Å². The lowest BCUT2D eigenvalue weighted by molar-refractivity contribution is 0.230. The number of rotatable bonds is 10. The summed E-state index contributed by atoms with van der Waals surface area (Å²) in [6.07, 6.45) is 2.42. The van der Waals surface area contributed by atoms with Gasteiger partial charge in [0.1, 0.15) is 6.10 Å². The van der Waals surface area contributed by atoms with Gasteiger partial charge in [0.25, 0.3) is 8.32 Å². The van der Waals surface area contributed by atoms with Crippen LogP contribution in [0.5, 0.6) is 0 Å². The summed E-state index contributed by atoms with van der Waals surface area (Å²) in [5.41, 5.74) is 0. The number of epoxide rings is 1. The van der Waals surface area contributed by atoms with Crippen LogP contribution in [0.3, 0.4) is 0 Å². The van der Waals surface area contributed by atoms with Crippen molar-refractivity contribution < 1.29 is 14.3 Å². The summed E-state index contributed by atoms with van der Waals surface area (Å²) in [5.74, 6) is 1.03. The molecule has 1 aliphatic heterocycles. The van der Waals surface area contributed by atoms with Crippen molar-refractivity contribution in [2.24, 2.45) is 11.8 Å². The first kappa shape index (κ1) is 23.2. The summed E-state index contributed by atoms with van der Waals surface area (Å²) in [6, 6.07) is 21.7. The van der Waals surface area contributed by atoms with E-state index < -0.39 is 8.32 Å². The van der Waals surface area contributed by atoms with Crippen LogP contribution in [0.4, 0.5) is 0 Å². The van der Waals surface area contributed by atoms with Crippen molar-refractivity contribution in [1.29, 1.82) is 0 Å². The number of aliphatic hydroxyl groups excluding tert-OH is 1. The smallest absolute Gasteiger partial charge is 0.261 e. The molecule has 0 amide bonds. The zero-order valence-electron chi connectivity index (χ0n) is 19.2. The molecule has 0 spiro atoms. The Morgan fingerprint density at radius 2 is 1.50 bits per heavy atom. The molecule has 2 unspecified atom stereocenters. The van der Waals surface area contributed by atoms with Gasteiger partial charge in [-0.05, 0) is 40.1 Å². The van der Waals surface area contributed by atoms with Gasteiger partial charge in [0.2, 0.25) is 0 Å². The summed E-state index contributed by atoms with van der Waals surface area (Å²) in [4.78, 5) is 0. The fourth-order valence-corrected chi connectivity index (χ4v) is 9.44. The predicted octanol–water partition coefficient (Wildman–Crippen LogP) is 4.38. The molecule has 0 aliphatic carbocycles. The van der Waals surface area contributed by atoms with Gasteiger partial charge < -0.3 is 14.3 Å². The molecule has 2 aromatic carbocycles. The molecule has 0 radical (unpaired) electrons. The highest BCUT2D eigenvalue weighted by atomic mass is 28.4. The fourth-order valence-electron chi connectivity index (χ4n) is 4.87. The molecule has 1 fully saturated rings. The average Bonchev–Trinajstić information content (AvgIpc) is 3.52. The Hall–Kier alpha value is -1.46. The number of ether oxygens (including phenoxy) is 1. The van der Waals surface area contributed by atoms with E-state index in [4.69, 9.17) is 9.16 Å². The van der Waals surface area contributed by atoms with Crippen molar-refractivity contribution in [2.45, 2.75) is 64.7 Å². The molecule has 1 N–H and O–H groups in total. The minimum atomic E-state index is -2.44. The molecule has 1 saturated heterocycles. The molecule has 4 atom stereocenters. The monoisotopic (exact) mass is 426 g/mol. The van der Waals surface area contributed by atoms with Crippen LogP contribution >= 0.6 is 0 Å². The normalized spacial score (nSPS) is 21.3. The zero-order valence-corrected chi connectivity index (χ0v) is 20.2. The zero-order chi connectivity index (χ0) is 21.8. The minimum Gasteiger partial charge on any atom is -0.407 e. The van der Waals surface area contributed by atoms with Crippen LogP contribution in [0, 0.1) is 11.8 Å². The second-order valence-electron chi connectivity index (χ2n) is 9.94. The minimum absolute atomic E-state index is 0.0163. The Morgan fingerprint density at radius 3 is 1.93 bits per heavy atom. The Bertz CT molecular complexity index is 732. The Balaban J connectivity index is 1.75. The molecule has 1 aliphatic rings. The molecular formula is C26H38O3Si. The topological polar surface area (TPSA) is 42.0 Å². The predicted molar refractivity (Wildman–Crippen MR) is 127 cm³/mol. The maximum absolute atomic E-state index is 9.24. The van der Waals surface area contributed by atoms with Crippen molar-refractivity contribution in [1.82, 2.24) is 0 Å². The van der Waals surface area contributed by atoms with Gasteiger partial charge in [-0.1, -0.05) is 95.3 Å². The molecule has 0 bridgehead atoms. The number of hydrogen-bond acceptors (Lipinski definition) is 3. The molecule has 0 aromatic heterocycles. The average molecular weight is 427 g/mol. The Morgan fingerprint density at radius 1 is 0.967 bits per heavy atom. The van der Waals surface area contributed by atoms with E-state index in [1.165, 1.54) is 10.4 Å². The van der Waals surface area contributed by atoms with Gasteiger partial charge in [0.05, 0.1) is 12.7 Å². The van der Waals surface area contributed by atoms with Gasteiger partial charge in [-0.15, -0.1) is 0 Å². The van der Waals surface area contributed by atoms with Crippen molar-refractivity contribution in [3.05, 3.63) is 60.7 Å². The SMILES string of the molecule is C[C@@H](CCO[Si](c1ccccc1)(c1ccccc1)C(C)(C)C)C[C@@H](C)C1OC1CO. The van der Waals surface area contributed by atoms with Crippen LogP contribution in [-0.2, 0) is 9.16 Å². The van der Waals surface area contributed by atoms with Crippen molar-refractivity contribution >= 4 is 18.7 Å². The van der Waals surface area contributed by atoms with Crippen LogP contribution in [0.2, 0.25) is 5.04 Å². The summed E-state index contributed by atoms with van der Waals surface area (Å²) in [5, 5.41) is 11.9. The van der Waals surface area contributed by atoms with E-state index in [1.54, 1.807) is 0 Å². The second kappa shape index (κ2) is 9.78. The van der Waals surface area contributed by atoms with Gasteiger partial charge in [-0.2, -0.15) is 0 Å². The largest absolute Gasteiger partial charge is 0.407 e. The molecule has 2 aromatic rings. The molecule has 3 rings (SSSR count). The van der Waals surface area contributed by atoms with Gasteiger partial charge in [-0.3, -0.25) is 0 Å². The third-order valence-corrected chi connectivity index (χ3v) is 11.5. The Labute approximate surface area is 183 Å². The first-order chi connectivity index (χ1) is 14.3. The van der Waals surface area contributed by atoms with Crippen LogP contribution < -0.4 is 10.4 Å². The summed E-state index contributed by atoms with van der Waals surface area (Å²) < 4.78 is 12.6. The fraction of sp³-hybridized carbons (Fsp3) is 0.538. The third kappa shape index (κ3) is 5.05. The highest BCUT2D eigenvalue weighted by Crippen LogP contribution is 2.37. The molecule has 4 heteroatoms. The molecule has 3 nitrogen and oxygen atoms in total. The highest BCUT2D eigenvalue weighted by molar-refractivity contribution is 6.99. The van der Waals surface area contributed by atoms with E-state index in [1.807, 2.05) is 0 Å². The molecule has 30 heavy (non-hydrogen) atoms. The van der Waals surface area contributed by atoms with E-state index in [0.717, 1.165) is 19.4 Å². The van der Waals surface area contributed by atoms with Gasteiger partial charge in [-0.25, -0.2) is 0 Å². The van der Waals surface area contributed by atoms with Crippen LogP contribution in [0.15, 0.2) is 60.7 Å². The van der Waals surface area contributed by atoms with Gasteiger partial charge in [0.15, 0.2) is 0 Å². The van der Waals surface area contributed by atoms with E-state index in [-0.39, 0.29) is 23.9 Å². The van der Waals surface area contributed by atoms with E-state index in [2.05, 4.69) is 95.3 Å². The summed E-state index contributed by atoms with van der Waals surface area (Å²) in [6.45, 7) is 12.4. The lowest BCUT2D eigenvalue weighted by Crippen LogP contribution is -2.66.